The van der Waals surface area contributed by atoms with Crippen LogP contribution in [0.5, 0.6) is 0 Å². The Kier molecular flexibility index (Phi) is 6.53. The minimum absolute atomic E-state index is 0.0874. The first-order valence-electron chi connectivity index (χ1n) is 9.54. The maximum absolute atomic E-state index is 12.9. The summed E-state index contributed by atoms with van der Waals surface area (Å²) in [6, 6.07) is 12.6. The van der Waals surface area contributed by atoms with Crippen molar-refractivity contribution in [3.05, 3.63) is 65.5 Å². The zero-order valence-electron chi connectivity index (χ0n) is 15.9. The first-order chi connectivity index (χ1) is 13.5. The van der Waals surface area contributed by atoms with E-state index in [4.69, 9.17) is 0 Å². The highest BCUT2D eigenvalue weighted by molar-refractivity contribution is 6.01. The van der Waals surface area contributed by atoms with E-state index in [1.807, 2.05) is 24.3 Å². The van der Waals surface area contributed by atoms with Gasteiger partial charge in [-0.1, -0.05) is 31.4 Å². The summed E-state index contributed by atoms with van der Waals surface area (Å²) in [5.74, 6) is -0.606. The molecule has 2 aromatic carbocycles. The summed E-state index contributed by atoms with van der Waals surface area (Å²) >= 11 is 0. The van der Waals surface area contributed by atoms with Crippen molar-refractivity contribution in [1.29, 1.82) is 0 Å². The van der Waals surface area contributed by atoms with Gasteiger partial charge in [0.15, 0.2) is 0 Å². The highest BCUT2D eigenvalue weighted by Crippen LogP contribution is 2.25. The van der Waals surface area contributed by atoms with E-state index in [0.717, 1.165) is 36.9 Å². The average molecular weight is 381 g/mol. The lowest BCUT2D eigenvalue weighted by Crippen LogP contribution is -2.24. The van der Waals surface area contributed by atoms with E-state index in [1.54, 1.807) is 6.92 Å². The number of rotatable bonds is 5. The Morgan fingerprint density at radius 2 is 1.54 bits per heavy atom. The molecule has 0 heterocycles. The summed E-state index contributed by atoms with van der Waals surface area (Å²) in [4.78, 5) is 24.3. The zero-order chi connectivity index (χ0) is 19.9. The number of nitrogens with one attached hydrogen (secondary N) is 2. The maximum atomic E-state index is 12.9. The number of hydrazone groups is 1. The van der Waals surface area contributed by atoms with Crippen LogP contribution in [-0.2, 0) is 4.79 Å². The van der Waals surface area contributed by atoms with Gasteiger partial charge in [-0.05, 0) is 61.7 Å². The van der Waals surface area contributed by atoms with Gasteiger partial charge >= 0.3 is 0 Å². The van der Waals surface area contributed by atoms with Crippen LogP contribution in [0, 0.1) is 11.7 Å². The van der Waals surface area contributed by atoms with Crippen molar-refractivity contribution in [2.45, 2.75) is 39.0 Å². The molecule has 1 saturated carbocycles. The summed E-state index contributed by atoms with van der Waals surface area (Å²) in [6.45, 7) is 1.78. The van der Waals surface area contributed by atoms with Crippen molar-refractivity contribution in [2.24, 2.45) is 11.0 Å². The lowest BCUT2D eigenvalue weighted by molar-refractivity contribution is -0.120. The minimum atomic E-state index is -0.407. The molecule has 5 nitrogen and oxygen atoms in total. The standard InChI is InChI=1S/C22H24FN3O2/c1-15(25-26-22(28)18-7-11-19(23)12-8-18)16-9-13-20(14-10-16)24-21(27)17-5-3-2-4-6-17/h7-14,17H,2-6H2,1H3,(H,24,27)(H,26,28). The van der Waals surface area contributed by atoms with Crippen molar-refractivity contribution in [1.82, 2.24) is 5.43 Å². The number of halogens is 1. The number of hydrogen-bond acceptors (Lipinski definition) is 3. The third-order valence-electron chi connectivity index (χ3n) is 4.98. The molecule has 1 fully saturated rings. The Bertz CT molecular complexity index is 854. The van der Waals surface area contributed by atoms with Gasteiger partial charge in [0.1, 0.15) is 5.82 Å². The third-order valence-corrected chi connectivity index (χ3v) is 4.98. The molecule has 1 aliphatic carbocycles. The van der Waals surface area contributed by atoms with Gasteiger partial charge in [-0.3, -0.25) is 9.59 Å². The molecule has 1 aliphatic rings. The Labute approximate surface area is 164 Å². The molecule has 0 bridgehead atoms. The molecule has 0 aliphatic heterocycles. The van der Waals surface area contributed by atoms with Crippen LogP contribution in [0.1, 0.15) is 54.9 Å². The van der Waals surface area contributed by atoms with Crippen LogP contribution in [0.3, 0.4) is 0 Å². The smallest absolute Gasteiger partial charge is 0.271 e. The molecule has 0 saturated heterocycles. The van der Waals surface area contributed by atoms with Gasteiger partial charge in [-0.2, -0.15) is 5.10 Å². The first kappa shape index (κ1) is 19.7. The van der Waals surface area contributed by atoms with E-state index in [0.29, 0.717) is 11.3 Å². The predicted octanol–water partition coefficient (Wildman–Crippen LogP) is 4.50. The molecule has 3 rings (SSSR count). The monoisotopic (exact) mass is 381 g/mol. The molecular weight excluding hydrogens is 357 g/mol. The van der Waals surface area contributed by atoms with Crippen molar-refractivity contribution in [3.63, 3.8) is 0 Å². The second kappa shape index (κ2) is 9.26. The van der Waals surface area contributed by atoms with Crippen LogP contribution >= 0.6 is 0 Å². The van der Waals surface area contributed by atoms with Crippen LogP contribution in [0.25, 0.3) is 0 Å². The molecule has 6 heteroatoms. The van der Waals surface area contributed by atoms with Gasteiger partial charge in [-0.25, -0.2) is 9.82 Å². The van der Waals surface area contributed by atoms with Crippen molar-refractivity contribution in [3.8, 4) is 0 Å². The molecule has 0 radical (unpaired) electrons. The molecule has 0 unspecified atom stereocenters. The van der Waals surface area contributed by atoms with Crippen molar-refractivity contribution >= 4 is 23.2 Å². The SMILES string of the molecule is CC(=NNC(=O)c1ccc(F)cc1)c1ccc(NC(=O)C2CCCCC2)cc1. The summed E-state index contributed by atoms with van der Waals surface area (Å²) in [5, 5.41) is 7.07. The zero-order valence-corrected chi connectivity index (χ0v) is 15.9. The second-order valence-corrected chi connectivity index (χ2v) is 7.05. The van der Waals surface area contributed by atoms with E-state index in [2.05, 4.69) is 15.8 Å². The molecule has 0 aromatic heterocycles. The fourth-order valence-electron chi connectivity index (χ4n) is 3.27. The highest BCUT2D eigenvalue weighted by atomic mass is 19.1. The highest BCUT2D eigenvalue weighted by Gasteiger charge is 2.20. The van der Waals surface area contributed by atoms with Gasteiger partial charge in [0.2, 0.25) is 5.91 Å². The lowest BCUT2D eigenvalue weighted by atomic mass is 9.88. The molecule has 2 amide bonds. The Morgan fingerprint density at radius 1 is 0.929 bits per heavy atom. The van der Waals surface area contributed by atoms with Crippen LogP contribution < -0.4 is 10.7 Å². The summed E-state index contributed by atoms with van der Waals surface area (Å²) < 4.78 is 12.9. The maximum Gasteiger partial charge on any atom is 0.271 e. The Hall–Kier alpha value is -3.02. The van der Waals surface area contributed by atoms with Gasteiger partial charge in [-0.15, -0.1) is 0 Å². The quantitative estimate of drug-likeness (QED) is 0.591. The Morgan fingerprint density at radius 3 is 2.18 bits per heavy atom. The van der Waals surface area contributed by atoms with Gasteiger partial charge < -0.3 is 5.32 Å². The largest absolute Gasteiger partial charge is 0.326 e. The second-order valence-electron chi connectivity index (χ2n) is 7.05. The predicted molar refractivity (Wildman–Crippen MR) is 108 cm³/mol. The number of amides is 2. The molecule has 146 valence electrons. The number of carbonyl (C=O) groups is 2. The normalized spacial score (nSPS) is 15.1. The molecule has 28 heavy (non-hydrogen) atoms. The molecule has 0 spiro atoms. The average Bonchev–Trinajstić information content (AvgIpc) is 2.73. The van der Waals surface area contributed by atoms with E-state index < -0.39 is 11.7 Å². The molecular formula is C22H24FN3O2. The van der Waals surface area contributed by atoms with E-state index in [9.17, 15) is 14.0 Å². The molecule has 2 N–H and O–H groups in total. The van der Waals surface area contributed by atoms with E-state index in [-0.39, 0.29) is 11.8 Å². The number of anilines is 1. The van der Waals surface area contributed by atoms with Crippen molar-refractivity contribution in [2.75, 3.05) is 5.32 Å². The third kappa shape index (κ3) is 5.25. The van der Waals surface area contributed by atoms with Gasteiger partial charge in [0.25, 0.3) is 5.91 Å². The fraction of sp³-hybridized carbons (Fsp3) is 0.318. The number of carbonyl (C=O) groups excluding carboxylic acids is 2. The lowest BCUT2D eigenvalue weighted by Gasteiger charge is -2.20. The van der Waals surface area contributed by atoms with Gasteiger partial charge in [0, 0.05) is 17.2 Å². The Balaban J connectivity index is 1.57. The van der Waals surface area contributed by atoms with Crippen LogP contribution in [0.2, 0.25) is 0 Å². The number of nitrogens with zero attached hydrogens (tertiary/aromatic N) is 1. The van der Waals surface area contributed by atoms with Crippen LogP contribution in [0.15, 0.2) is 53.6 Å². The molecule has 2 aromatic rings. The van der Waals surface area contributed by atoms with Gasteiger partial charge in [0.05, 0.1) is 5.71 Å². The minimum Gasteiger partial charge on any atom is -0.326 e. The van der Waals surface area contributed by atoms with E-state index in [1.165, 1.54) is 30.7 Å². The number of hydrogen-bond donors (Lipinski definition) is 2. The van der Waals surface area contributed by atoms with Crippen molar-refractivity contribution < 1.29 is 14.0 Å². The van der Waals surface area contributed by atoms with Crippen LogP contribution in [-0.4, -0.2) is 17.5 Å². The summed E-state index contributed by atoms with van der Waals surface area (Å²) in [7, 11) is 0. The fourth-order valence-corrected chi connectivity index (χ4v) is 3.27. The summed E-state index contributed by atoms with van der Waals surface area (Å²) in [5.41, 5.74) is 5.00. The first-order valence-corrected chi connectivity index (χ1v) is 9.54. The topological polar surface area (TPSA) is 70.6 Å². The summed E-state index contributed by atoms with van der Waals surface area (Å²) in [6.07, 6.45) is 5.38. The molecule has 0 atom stereocenters. The van der Waals surface area contributed by atoms with E-state index >= 15 is 0 Å². The van der Waals surface area contributed by atoms with Crippen LogP contribution in [0.4, 0.5) is 10.1 Å². The number of benzene rings is 2.